The maximum atomic E-state index is 10.9. The normalized spacial score (nSPS) is 17.1. The quantitative estimate of drug-likeness (QED) is 0.835. The fourth-order valence-electron chi connectivity index (χ4n) is 2.77. The zero-order valence-corrected chi connectivity index (χ0v) is 12.3. The van der Waals surface area contributed by atoms with Gasteiger partial charge in [0.1, 0.15) is 0 Å². The molecule has 0 unspecified atom stereocenters. The van der Waals surface area contributed by atoms with Crippen molar-refractivity contribution in [3.05, 3.63) is 29.8 Å². The number of hydrogen-bond donors (Lipinski definition) is 2. The molecule has 0 saturated carbocycles. The Kier molecular flexibility index (Phi) is 5.41. The van der Waals surface area contributed by atoms with Crippen LogP contribution in [0.3, 0.4) is 0 Å². The molecule has 1 aromatic carbocycles. The number of anilines is 1. The maximum absolute atomic E-state index is 10.9. The van der Waals surface area contributed by atoms with Gasteiger partial charge in [-0.05, 0) is 43.5 Å². The largest absolute Gasteiger partial charge is 0.382 e. The first-order valence-electron chi connectivity index (χ1n) is 7.53. The van der Waals surface area contributed by atoms with Crippen LogP contribution in [0.1, 0.15) is 31.7 Å². The minimum atomic E-state index is -0.283. The van der Waals surface area contributed by atoms with E-state index in [4.69, 9.17) is 5.73 Å². The standard InChI is InChI=1S/C16H25N3O/c1-2-9-19-10-7-15(8-11-19)18-14-5-3-13(4-6-14)12-16(17)20/h3-6,15,18H,2,7-12H2,1H3,(H2,17,20). The van der Waals surface area contributed by atoms with Crippen molar-refractivity contribution >= 4 is 11.6 Å². The smallest absolute Gasteiger partial charge is 0.221 e. The van der Waals surface area contributed by atoms with Gasteiger partial charge in [0.2, 0.25) is 5.91 Å². The predicted octanol–water partition coefficient (Wildman–Crippen LogP) is 2.00. The highest BCUT2D eigenvalue weighted by Crippen LogP contribution is 2.17. The van der Waals surface area contributed by atoms with Gasteiger partial charge in [-0.1, -0.05) is 19.1 Å². The highest BCUT2D eigenvalue weighted by atomic mass is 16.1. The lowest BCUT2D eigenvalue weighted by molar-refractivity contribution is -0.117. The molecule has 1 aliphatic rings. The van der Waals surface area contributed by atoms with Crippen molar-refractivity contribution in [3.8, 4) is 0 Å². The topological polar surface area (TPSA) is 58.4 Å². The van der Waals surface area contributed by atoms with Gasteiger partial charge in [-0.2, -0.15) is 0 Å². The number of amides is 1. The Morgan fingerprint density at radius 1 is 1.30 bits per heavy atom. The SMILES string of the molecule is CCCN1CCC(Nc2ccc(CC(N)=O)cc2)CC1. The second-order valence-electron chi connectivity index (χ2n) is 5.60. The number of primary amides is 1. The number of nitrogens with zero attached hydrogens (tertiary/aromatic N) is 1. The molecule has 0 bridgehead atoms. The summed E-state index contributed by atoms with van der Waals surface area (Å²) < 4.78 is 0. The Morgan fingerprint density at radius 3 is 2.50 bits per heavy atom. The first kappa shape index (κ1) is 14.9. The van der Waals surface area contributed by atoms with Crippen molar-refractivity contribution in [2.75, 3.05) is 25.0 Å². The molecule has 110 valence electrons. The molecule has 4 heteroatoms. The van der Waals surface area contributed by atoms with Crippen LogP contribution in [0.5, 0.6) is 0 Å². The Morgan fingerprint density at radius 2 is 1.95 bits per heavy atom. The zero-order chi connectivity index (χ0) is 14.4. The van der Waals surface area contributed by atoms with Gasteiger partial charge in [-0.3, -0.25) is 4.79 Å². The van der Waals surface area contributed by atoms with Gasteiger partial charge in [0.15, 0.2) is 0 Å². The molecule has 0 spiro atoms. The number of likely N-dealkylation sites (tertiary alicyclic amines) is 1. The van der Waals surface area contributed by atoms with Gasteiger partial charge in [-0.25, -0.2) is 0 Å². The zero-order valence-electron chi connectivity index (χ0n) is 12.3. The minimum Gasteiger partial charge on any atom is -0.382 e. The molecule has 1 aliphatic heterocycles. The number of piperidine rings is 1. The second kappa shape index (κ2) is 7.29. The van der Waals surface area contributed by atoms with E-state index in [1.54, 1.807) is 0 Å². The number of benzene rings is 1. The summed E-state index contributed by atoms with van der Waals surface area (Å²) in [6.07, 6.45) is 3.95. The summed E-state index contributed by atoms with van der Waals surface area (Å²) in [5, 5.41) is 3.58. The molecule has 4 nitrogen and oxygen atoms in total. The summed E-state index contributed by atoms with van der Waals surface area (Å²) in [6, 6.07) is 8.58. The van der Waals surface area contributed by atoms with E-state index in [0.717, 1.165) is 11.3 Å². The van der Waals surface area contributed by atoms with E-state index in [9.17, 15) is 4.79 Å². The van der Waals surface area contributed by atoms with Crippen LogP contribution in [0.2, 0.25) is 0 Å². The van der Waals surface area contributed by atoms with E-state index >= 15 is 0 Å². The molecule has 1 saturated heterocycles. The van der Waals surface area contributed by atoms with E-state index in [1.165, 1.54) is 38.9 Å². The van der Waals surface area contributed by atoms with Gasteiger partial charge in [-0.15, -0.1) is 0 Å². The van der Waals surface area contributed by atoms with Crippen LogP contribution in [0.25, 0.3) is 0 Å². The van der Waals surface area contributed by atoms with Crippen LogP contribution < -0.4 is 11.1 Å². The molecule has 1 fully saturated rings. The summed E-state index contributed by atoms with van der Waals surface area (Å²) in [5.41, 5.74) is 7.29. The van der Waals surface area contributed by atoms with Crippen LogP contribution in [0.15, 0.2) is 24.3 Å². The van der Waals surface area contributed by atoms with Crippen LogP contribution >= 0.6 is 0 Å². The Bertz CT molecular complexity index is 422. The molecule has 1 aromatic rings. The molecule has 0 radical (unpaired) electrons. The van der Waals surface area contributed by atoms with Crippen molar-refractivity contribution < 1.29 is 4.79 Å². The number of rotatable bonds is 6. The van der Waals surface area contributed by atoms with Crippen molar-refractivity contribution in [2.45, 2.75) is 38.6 Å². The molecule has 0 atom stereocenters. The summed E-state index contributed by atoms with van der Waals surface area (Å²) >= 11 is 0. The first-order valence-corrected chi connectivity index (χ1v) is 7.53. The summed E-state index contributed by atoms with van der Waals surface area (Å²) in [5.74, 6) is -0.283. The van der Waals surface area contributed by atoms with E-state index in [1.807, 2.05) is 24.3 Å². The lowest BCUT2D eigenvalue weighted by Crippen LogP contribution is -2.39. The summed E-state index contributed by atoms with van der Waals surface area (Å²) in [7, 11) is 0. The number of carbonyl (C=O) groups excluding carboxylic acids is 1. The number of nitrogens with one attached hydrogen (secondary N) is 1. The molecule has 1 amide bonds. The van der Waals surface area contributed by atoms with Crippen molar-refractivity contribution in [3.63, 3.8) is 0 Å². The molecule has 0 aliphatic carbocycles. The lowest BCUT2D eigenvalue weighted by Gasteiger charge is -2.32. The van der Waals surface area contributed by atoms with E-state index in [0.29, 0.717) is 12.5 Å². The number of carbonyl (C=O) groups is 1. The second-order valence-corrected chi connectivity index (χ2v) is 5.60. The molecular weight excluding hydrogens is 250 g/mol. The van der Waals surface area contributed by atoms with Gasteiger partial charge < -0.3 is 16.0 Å². The van der Waals surface area contributed by atoms with Gasteiger partial charge in [0.25, 0.3) is 0 Å². The van der Waals surface area contributed by atoms with Gasteiger partial charge in [0.05, 0.1) is 6.42 Å². The van der Waals surface area contributed by atoms with Crippen molar-refractivity contribution in [1.82, 2.24) is 4.90 Å². The summed E-state index contributed by atoms with van der Waals surface area (Å²) in [6.45, 7) is 5.82. The third kappa shape index (κ3) is 4.53. The lowest BCUT2D eigenvalue weighted by atomic mass is 10.0. The van der Waals surface area contributed by atoms with E-state index in [-0.39, 0.29) is 5.91 Å². The first-order chi connectivity index (χ1) is 9.67. The Labute approximate surface area is 121 Å². The summed E-state index contributed by atoms with van der Waals surface area (Å²) in [4.78, 5) is 13.4. The van der Waals surface area contributed by atoms with Crippen LogP contribution in [0, 0.1) is 0 Å². The Balaban J connectivity index is 1.80. The van der Waals surface area contributed by atoms with Crippen LogP contribution in [0.4, 0.5) is 5.69 Å². The average molecular weight is 275 g/mol. The van der Waals surface area contributed by atoms with Crippen LogP contribution in [-0.4, -0.2) is 36.5 Å². The molecule has 2 rings (SSSR count). The Hall–Kier alpha value is -1.55. The molecule has 0 aromatic heterocycles. The highest BCUT2D eigenvalue weighted by molar-refractivity contribution is 5.76. The third-order valence-electron chi connectivity index (χ3n) is 3.83. The van der Waals surface area contributed by atoms with E-state index < -0.39 is 0 Å². The average Bonchev–Trinajstić information content (AvgIpc) is 2.43. The predicted molar refractivity (Wildman–Crippen MR) is 82.7 cm³/mol. The van der Waals surface area contributed by atoms with Crippen LogP contribution in [-0.2, 0) is 11.2 Å². The van der Waals surface area contributed by atoms with E-state index in [2.05, 4.69) is 17.1 Å². The van der Waals surface area contributed by atoms with Gasteiger partial charge >= 0.3 is 0 Å². The van der Waals surface area contributed by atoms with Crippen molar-refractivity contribution in [2.24, 2.45) is 5.73 Å². The molecular formula is C16H25N3O. The molecule has 1 heterocycles. The number of nitrogens with two attached hydrogens (primary N) is 1. The van der Waals surface area contributed by atoms with Crippen molar-refractivity contribution in [1.29, 1.82) is 0 Å². The fourth-order valence-corrected chi connectivity index (χ4v) is 2.77. The monoisotopic (exact) mass is 275 g/mol. The highest BCUT2D eigenvalue weighted by Gasteiger charge is 2.18. The molecule has 3 N–H and O–H groups in total. The minimum absolute atomic E-state index is 0.283. The fraction of sp³-hybridized carbons (Fsp3) is 0.562. The van der Waals surface area contributed by atoms with Gasteiger partial charge in [0, 0.05) is 24.8 Å². The molecule has 20 heavy (non-hydrogen) atoms. The third-order valence-corrected chi connectivity index (χ3v) is 3.83. The maximum Gasteiger partial charge on any atom is 0.221 e. The number of hydrogen-bond acceptors (Lipinski definition) is 3.